The van der Waals surface area contributed by atoms with E-state index in [-0.39, 0.29) is 0 Å². The average molecular weight is 269 g/mol. The van der Waals surface area contributed by atoms with Gasteiger partial charge in [0.1, 0.15) is 0 Å². The highest BCUT2D eigenvalue weighted by molar-refractivity contribution is 5.78. The number of morpholine rings is 1. The van der Waals surface area contributed by atoms with E-state index in [2.05, 4.69) is 9.89 Å². The van der Waals surface area contributed by atoms with Crippen molar-refractivity contribution in [2.75, 3.05) is 39.5 Å². The first-order chi connectivity index (χ1) is 9.36. The highest BCUT2D eigenvalue weighted by Crippen LogP contribution is 2.20. The molecule has 2 fully saturated rings. The number of rotatable bonds is 5. The topological polar surface area (TPSA) is 60.1 Å². The van der Waals surface area contributed by atoms with E-state index >= 15 is 0 Å². The summed E-state index contributed by atoms with van der Waals surface area (Å²) >= 11 is 0. The normalized spacial score (nSPS) is 22.7. The van der Waals surface area contributed by atoms with Gasteiger partial charge in [-0.05, 0) is 19.3 Å². The Hall–Kier alpha value is -0.810. The summed E-state index contributed by atoms with van der Waals surface area (Å²) in [5.74, 6) is 0.654. The summed E-state index contributed by atoms with van der Waals surface area (Å²) in [6.45, 7) is 4.78. The fourth-order valence-corrected chi connectivity index (χ4v) is 2.63. The molecule has 1 aliphatic heterocycles. The Kier molecular flexibility index (Phi) is 6.44. The molecule has 0 atom stereocenters. The van der Waals surface area contributed by atoms with Crippen LogP contribution in [0.4, 0.5) is 0 Å². The predicted molar refractivity (Wildman–Crippen MR) is 76.3 cm³/mol. The molecule has 0 aromatic heterocycles. The van der Waals surface area contributed by atoms with Gasteiger partial charge < -0.3 is 20.1 Å². The van der Waals surface area contributed by atoms with Crippen molar-refractivity contribution in [2.45, 2.75) is 44.6 Å². The molecule has 1 saturated heterocycles. The SMILES string of the molecule is NC(=NCCCOC1CCCCC1)N1CCOCC1. The van der Waals surface area contributed by atoms with Gasteiger partial charge in [-0.15, -0.1) is 0 Å². The van der Waals surface area contributed by atoms with Crippen molar-refractivity contribution in [3.05, 3.63) is 0 Å². The van der Waals surface area contributed by atoms with Crippen LogP contribution in [0.15, 0.2) is 4.99 Å². The molecule has 1 heterocycles. The minimum Gasteiger partial charge on any atom is -0.378 e. The summed E-state index contributed by atoms with van der Waals surface area (Å²) in [4.78, 5) is 6.50. The van der Waals surface area contributed by atoms with Crippen LogP contribution in [0.3, 0.4) is 0 Å². The van der Waals surface area contributed by atoms with E-state index in [4.69, 9.17) is 15.2 Å². The molecule has 5 heteroatoms. The zero-order chi connectivity index (χ0) is 13.3. The minimum absolute atomic E-state index is 0.495. The molecule has 2 rings (SSSR count). The van der Waals surface area contributed by atoms with Crippen LogP contribution in [0.5, 0.6) is 0 Å². The van der Waals surface area contributed by atoms with Crippen LogP contribution in [0, 0.1) is 0 Å². The van der Waals surface area contributed by atoms with Gasteiger partial charge in [0.2, 0.25) is 0 Å². The zero-order valence-corrected chi connectivity index (χ0v) is 11.9. The molecule has 0 radical (unpaired) electrons. The Balaban J connectivity index is 1.54. The van der Waals surface area contributed by atoms with Crippen molar-refractivity contribution in [3.8, 4) is 0 Å². The van der Waals surface area contributed by atoms with Crippen molar-refractivity contribution in [3.63, 3.8) is 0 Å². The predicted octanol–water partition coefficient (Wildman–Crippen LogP) is 1.37. The number of guanidine groups is 1. The van der Waals surface area contributed by atoms with Crippen LogP contribution in [0.2, 0.25) is 0 Å². The number of aliphatic imine (C=N–C) groups is 1. The molecule has 0 aromatic rings. The summed E-state index contributed by atoms with van der Waals surface area (Å²) < 4.78 is 11.2. The third-order valence-corrected chi connectivity index (χ3v) is 3.82. The fraction of sp³-hybridized carbons (Fsp3) is 0.929. The Morgan fingerprint density at radius 2 is 1.95 bits per heavy atom. The van der Waals surface area contributed by atoms with E-state index in [1.54, 1.807) is 0 Å². The molecule has 19 heavy (non-hydrogen) atoms. The Morgan fingerprint density at radius 3 is 2.68 bits per heavy atom. The Labute approximate surface area is 116 Å². The first kappa shape index (κ1) is 14.6. The van der Waals surface area contributed by atoms with E-state index in [0.29, 0.717) is 12.1 Å². The summed E-state index contributed by atoms with van der Waals surface area (Å²) in [6, 6.07) is 0. The molecule has 5 nitrogen and oxygen atoms in total. The maximum Gasteiger partial charge on any atom is 0.191 e. The maximum absolute atomic E-state index is 5.95. The smallest absolute Gasteiger partial charge is 0.191 e. The van der Waals surface area contributed by atoms with E-state index in [0.717, 1.165) is 45.9 Å². The number of hydrogen-bond donors (Lipinski definition) is 1. The Bertz CT molecular complexity index is 272. The van der Waals surface area contributed by atoms with E-state index in [9.17, 15) is 0 Å². The molecule has 0 amide bonds. The molecule has 2 N–H and O–H groups in total. The highest BCUT2D eigenvalue weighted by atomic mass is 16.5. The average Bonchev–Trinajstić information content (AvgIpc) is 2.49. The second-order valence-electron chi connectivity index (χ2n) is 5.32. The monoisotopic (exact) mass is 269 g/mol. The standard InChI is InChI=1S/C14H27N3O2/c15-14(17-8-11-18-12-9-17)16-7-4-10-19-13-5-2-1-3-6-13/h13H,1-12H2,(H2,15,16). The number of hydrogen-bond acceptors (Lipinski definition) is 3. The van der Waals surface area contributed by atoms with Crippen LogP contribution in [0.1, 0.15) is 38.5 Å². The zero-order valence-electron chi connectivity index (χ0n) is 11.9. The third kappa shape index (κ3) is 5.37. The molecule has 1 saturated carbocycles. The summed E-state index contributed by atoms with van der Waals surface area (Å²) in [7, 11) is 0. The van der Waals surface area contributed by atoms with Gasteiger partial charge in [0.15, 0.2) is 5.96 Å². The summed E-state index contributed by atoms with van der Waals surface area (Å²) in [5.41, 5.74) is 5.95. The van der Waals surface area contributed by atoms with Gasteiger partial charge in [-0.1, -0.05) is 19.3 Å². The first-order valence-corrected chi connectivity index (χ1v) is 7.60. The largest absolute Gasteiger partial charge is 0.378 e. The molecule has 1 aliphatic carbocycles. The van der Waals surface area contributed by atoms with Gasteiger partial charge in [-0.3, -0.25) is 4.99 Å². The number of ether oxygens (including phenoxy) is 2. The number of nitrogens with zero attached hydrogens (tertiary/aromatic N) is 2. The maximum atomic E-state index is 5.95. The van der Waals surface area contributed by atoms with Crippen molar-refractivity contribution in [1.82, 2.24) is 4.90 Å². The highest BCUT2D eigenvalue weighted by Gasteiger charge is 2.13. The summed E-state index contributed by atoms with van der Waals surface area (Å²) in [6.07, 6.45) is 7.95. The fourth-order valence-electron chi connectivity index (χ4n) is 2.63. The molecule has 2 aliphatic rings. The van der Waals surface area contributed by atoms with Gasteiger partial charge in [0.05, 0.1) is 19.3 Å². The first-order valence-electron chi connectivity index (χ1n) is 7.60. The lowest BCUT2D eigenvalue weighted by Gasteiger charge is -2.27. The van der Waals surface area contributed by atoms with Gasteiger partial charge in [-0.2, -0.15) is 0 Å². The van der Waals surface area contributed by atoms with Crippen molar-refractivity contribution < 1.29 is 9.47 Å². The lowest BCUT2D eigenvalue weighted by atomic mass is 9.98. The van der Waals surface area contributed by atoms with Crippen LogP contribution >= 0.6 is 0 Å². The quantitative estimate of drug-likeness (QED) is 0.465. The van der Waals surface area contributed by atoms with Crippen molar-refractivity contribution in [2.24, 2.45) is 10.7 Å². The molecule has 110 valence electrons. The van der Waals surface area contributed by atoms with Gasteiger partial charge in [-0.25, -0.2) is 0 Å². The van der Waals surface area contributed by atoms with Gasteiger partial charge in [0.25, 0.3) is 0 Å². The minimum atomic E-state index is 0.495. The second-order valence-corrected chi connectivity index (χ2v) is 5.32. The molecular weight excluding hydrogens is 242 g/mol. The lowest BCUT2D eigenvalue weighted by molar-refractivity contribution is 0.0280. The van der Waals surface area contributed by atoms with E-state index in [1.165, 1.54) is 32.1 Å². The molecule has 0 spiro atoms. The Morgan fingerprint density at radius 1 is 1.21 bits per heavy atom. The molecule has 0 unspecified atom stereocenters. The lowest BCUT2D eigenvalue weighted by Crippen LogP contribution is -2.44. The third-order valence-electron chi connectivity index (χ3n) is 3.82. The van der Waals surface area contributed by atoms with Crippen LogP contribution in [-0.2, 0) is 9.47 Å². The van der Waals surface area contributed by atoms with Crippen LogP contribution < -0.4 is 5.73 Å². The number of nitrogens with two attached hydrogens (primary N) is 1. The van der Waals surface area contributed by atoms with Crippen molar-refractivity contribution >= 4 is 5.96 Å². The molecule has 0 aromatic carbocycles. The molecule has 0 bridgehead atoms. The van der Waals surface area contributed by atoms with E-state index in [1.807, 2.05) is 0 Å². The van der Waals surface area contributed by atoms with Gasteiger partial charge >= 0.3 is 0 Å². The van der Waals surface area contributed by atoms with E-state index < -0.39 is 0 Å². The summed E-state index contributed by atoms with van der Waals surface area (Å²) in [5, 5.41) is 0. The van der Waals surface area contributed by atoms with Crippen LogP contribution in [-0.4, -0.2) is 56.4 Å². The molecular formula is C14H27N3O2. The van der Waals surface area contributed by atoms with Crippen LogP contribution in [0.25, 0.3) is 0 Å². The van der Waals surface area contributed by atoms with Crippen molar-refractivity contribution in [1.29, 1.82) is 0 Å². The van der Waals surface area contributed by atoms with Gasteiger partial charge in [0, 0.05) is 26.2 Å². The second kappa shape index (κ2) is 8.38.